The highest BCUT2D eigenvalue weighted by molar-refractivity contribution is 5.99. The Morgan fingerprint density at radius 3 is 2.47 bits per heavy atom. The molecule has 3 heterocycles. The number of Topliss-reactive ketones (excluding diaryl/α,β-unsaturated/α-hetero) is 1. The zero-order chi connectivity index (χ0) is 24.6. The van der Waals surface area contributed by atoms with Crippen LogP contribution in [0, 0.1) is 37.8 Å². The zero-order valence-corrected chi connectivity index (χ0v) is 19.3. The Labute approximate surface area is 195 Å². The van der Waals surface area contributed by atoms with E-state index < -0.39 is 17.5 Å². The summed E-state index contributed by atoms with van der Waals surface area (Å²) < 4.78 is 19.5. The van der Waals surface area contributed by atoms with Crippen LogP contribution in [0.25, 0.3) is 5.69 Å². The highest BCUT2D eigenvalue weighted by Crippen LogP contribution is 2.33. The SMILES string of the molecule is Cc1nn(CC(=O)OCC(=O)c2cc(C)n(-c3ccc4c(c3)OCCO4)c2C)c(C)c1[N+](=O)[O-]. The van der Waals surface area contributed by atoms with Crippen LogP contribution in [-0.2, 0) is 16.1 Å². The van der Waals surface area contributed by atoms with Crippen LogP contribution >= 0.6 is 0 Å². The lowest BCUT2D eigenvalue weighted by Crippen LogP contribution is -2.20. The molecule has 0 spiro atoms. The molecule has 0 aliphatic carbocycles. The summed E-state index contributed by atoms with van der Waals surface area (Å²) in [4.78, 5) is 35.7. The number of ether oxygens (including phenoxy) is 3. The van der Waals surface area contributed by atoms with Crippen LogP contribution in [-0.4, -0.2) is 50.8 Å². The van der Waals surface area contributed by atoms with E-state index >= 15 is 0 Å². The summed E-state index contributed by atoms with van der Waals surface area (Å²) in [6.45, 7) is 6.88. The third-order valence-corrected chi connectivity index (χ3v) is 5.68. The van der Waals surface area contributed by atoms with Gasteiger partial charge in [-0.15, -0.1) is 0 Å². The van der Waals surface area contributed by atoms with Crippen LogP contribution in [0.2, 0.25) is 0 Å². The number of nitrogens with zero attached hydrogens (tertiary/aromatic N) is 4. The molecule has 1 aromatic carbocycles. The lowest BCUT2D eigenvalue weighted by Gasteiger charge is -2.20. The molecule has 178 valence electrons. The number of hydrogen-bond donors (Lipinski definition) is 0. The molecule has 0 amide bonds. The average Bonchev–Trinajstić information content (AvgIpc) is 3.25. The fourth-order valence-corrected chi connectivity index (χ4v) is 4.11. The Hall–Kier alpha value is -4.15. The molecule has 2 aromatic heterocycles. The number of ketones is 1. The third kappa shape index (κ3) is 4.24. The Kier molecular flexibility index (Phi) is 6.10. The fourth-order valence-electron chi connectivity index (χ4n) is 4.11. The molecule has 1 aliphatic rings. The van der Waals surface area contributed by atoms with Crippen molar-refractivity contribution in [1.82, 2.24) is 14.3 Å². The summed E-state index contributed by atoms with van der Waals surface area (Å²) in [7, 11) is 0. The highest BCUT2D eigenvalue weighted by Gasteiger charge is 2.24. The minimum Gasteiger partial charge on any atom is -0.486 e. The summed E-state index contributed by atoms with van der Waals surface area (Å²) in [6, 6.07) is 7.31. The molecule has 0 unspecified atom stereocenters. The smallest absolute Gasteiger partial charge is 0.328 e. The summed E-state index contributed by atoms with van der Waals surface area (Å²) >= 11 is 0. The molecule has 0 fully saturated rings. The quantitative estimate of drug-likeness (QED) is 0.224. The van der Waals surface area contributed by atoms with Gasteiger partial charge < -0.3 is 18.8 Å². The van der Waals surface area contributed by atoms with Crippen molar-refractivity contribution < 1.29 is 28.7 Å². The molecule has 1 aliphatic heterocycles. The minimum atomic E-state index is -0.713. The summed E-state index contributed by atoms with van der Waals surface area (Å²) in [5.41, 5.74) is 3.09. The van der Waals surface area contributed by atoms with Gasteiger partial charge in [-0.2, -0.15) is 5.10 Å². The van der Waals surface area contributed by atoms with E-state index in [1.807, 2.05) is 36.6 Å². The van der Waals surface area contributed by atoms with Crippen molar-refractivity contribution in [2.75, 3.05) is 19.8 Å². The van der Waals surface area contributed by atoms with Gasteiger partial charge in [-0.05, 0) is 45.9 Å². The number of carbonyl (C=O) groups excluding carboxylic acids is 2. The van der Waals surface area contributed by atoms with Gasteiger partial charge in [0.15, 0.2) is 18.1 Å². The number of benzene rings is 1. The Morgan fingerprint density at radius 1 is 1.09 bits per heavy atom. The van der Waals surface area contributed by atoms with E-state index in [1.165, 1.54) is 18.5 Å². The number of fused-ring (bicyclic) bond motifs is 1. The van der Waals surface area contributed by atoms with Gasteiger partial charge in [0.1, 0.15) is 31.1 Å². The highest BCUT2D eigenvalue weighted by atomic mass is 16.6. The first-order chi connectivity index (χ1) is 16.2. The lowest BCUT2D eigenvalue weighted by molar-refractivity contribution is -0.386. The lowest BCUT2D eigenvalue weighted by atomic mass is 10.1. The van der Waals surface area contributed by atoms with Crippen LogP contribution in [0.1, 0.15) is 33.1 Å². The van der Waals surface area contributed by atoms with Crippen molar-refractivity contribution in [3.05, 3.63) is 62.7 Å². The van der Waals surface area contributed by atoms with Gasteiger partial charge in [0.05, 0.1) is 4.92 Å². The molecule has 11 nitrogen and oxygen atoms in total. The molecule has 0 atom stereocenters. The summed E-state index contributed by atoms with van der Waals surface area (Å²) in [6.07, 6.45) is 0. The number of carbonyl (C=O) groups is 2. The molecule has 0 N–H and O–H groups in total. The monoisotopic (exact) mass is 468 g/mol. The topological polar surface area (TPSA) is 128 Å². The van der Waals surface area contributed by atoms with Crippen molar-refractivity contribution in [3.8, 4) is 17.2 Å². The van der Waals surface area contributed by atoms with Crippen LogP contribution in [0.3, 0.4) is 0 Å². The van der Waals surface area contributed by atoms with Crippen molar-refractivity contribution >= 4 is 17.4 Å². The van der Waals surface area contributed by atoms with Gasteiger partial charge in [-0.3, -0.25) is 24.4 Å². The average molecular weight is 468 g/mol. The predicted molar refractivity (Wildman–Crippen MR) is 120 cm³/mol. The normalized spacial score (nSPS) is 12.5. The number of nitro groups is 1. The predicted octanol–water partition coefficient (Wildman–Crippen LogP) is 3.01. The number of aryl methyl sites for hydroxylation is 2. The molecule has 3 aromatic rings. The molecule has 0 radical (unpaired) electrons. The van der Waals surface area contributed by atoms with Crippen LogP contribution < -0.4 is 9.47 Å². The maximum atomic E-state index is 12.8. The van der Waals surface area contributed by atoms with Gasteiger partial charge in [0.25, 0.3) is 0 Å². The molecule has 4 rings (SSSR count). The zero-order valence-electron chi connectivity index (χ0n) is 19.3. The minimum absolute atomic E-state index is 0.143. The summed E-state index contributed by atoms with van der Waals surface area (Å²) in [5.74, 6) is 0.246. The number of aromatic nitrogens is 3. The van der Waals surface area contributed by atoms with Crippen LogP contribution in [0.15, 0.2) is 24.3 Å². The van der Waals surface area contributed by atoms with E-state index in [4.69, 9.17) is 14.2 Å². The third-order valence-electron chi connectivity index (χ3n) is 5.68. The second-order valence-electron chi connectivity index (χ2n) is 7.97. The Bertz CT molecular complexity index is 1310. The second kappa shape index (κ2) is 9.00. The van der Waals surface area contributed by atoms with Crippen molar-refractivity contribution in [3.63, 3.8) is 0 Å². The first kappa shape index (κ1) is 23.0. The number of rotatable bonds is 7. The van der Waals surface area contributed by atoms with Gasteiger partial charge in [0, 0.05) is 28.7 Å². The van der Waals surface area contributed by atoms with Gasteiger partial charge in [-0.1, -0.05) is 0 Å². The largest absolute Gasteiger partial charge is 0.486 e. The van der Waals surface area contributed by atoms with Gasteiger partial charge >= 0.3 is 11.7 Å². The molecular formula is C23H24N4O7. The standard InChI is InChI=1S/C23H24N4O7/c1-13-9-18(15(3)26(13)17-5-6-20-21(10-17)33-8-7-32-20)19(28)12-34-22(29)11-25-16(4)23(27(30)31)14(2)24-25/h5-6,9-10H,7-8,11-12H2,1-4H3. The van der Waals surface area contributed by atoms with Gasteiger partial charge in [-0.25, -0.2) is 0 Å². The van der Waals surface area contributed by atoms with Crippen molar-refractivity contribution in [1.29, 1.82) is 0 Å². The van der Waals surface area contributed by atoms with E-state index in [0.29, 0.717) is 36.0 Å². The van der Waals surface area contributed by atoms with Crippen LogP contribution in [0.4, 0.5) is 5.69 Å². The van der Waals surface area contributed by atoms with E-state index in [-0.39, 0.29) is 29.4 Å². The number of hydrogen-bond acceptors (Lipinski definition) is 8. The molecule has 34 heavy (non-hydrogen) atoms. The first-order valence-corrected chi connectivity index (χ1v) is 10.6. The second-order valence-corrected chi connectivity index (χ2v) is 7.97. The molecule has 0 saturated heterocycles. The van der Waals surface area contributed by atoms with E-state index in [1.54, 1.807) is 6.07 Å². The summed E-state index contributed by atoms with van der Waals surface area (Å²) in [5, 5.41) is 15.1. The maximum absolute atomic E-state index is 12.8. The molecule has 0 bridgehead atoms. The van der Waals surface area contributed by atoms with E-state index in [9.17, 15) is 19.7 Å². The maximum Gasteiger partial charge on any atom is 0.328 e. The molecular weight excluding hydrogens is 444 g/mol. The Morgan fingerprint density at radius 2 is 1.79 bits per heavy atom. The van der Waals surface area contributed by atoms with Crippen molar-refractivity contribution in [2.24, 2.45) is 0 Å². The van der Waals surface area contributed by atoms with E-state index in [0.717, 1.165) is 11.4 Å². The molecule has 11 heteroatoms. The van der Waals surface area contributed by atoms with Gasteiger partial charge in [0.2, 0.25) is 5.78 Å². The molecule has 0 saturated carbocycles. The fraction of sp³-hybridized carbons (Fsp3) is 0.348. The number of esters is 1. The first-order valence-electron chi connectivity index (χ1n) is 10.6. The van der Waals surface area contributed by atoms with Crippen molar-refractivity contribution in [2.45, 2.75) is 34.2 Å². The van der Waals surface area contributed by atoms with Crippen LogP contribution in [0.5, 0.6) is 11.5 Å². The Balaban J connectivity index is 1.46. The van der Waals surface area contributed by atoms with E-state index in [2.05, 4.69) is 5.10 Å².